The van der Waals surface area contributed by atoms with Crippen LogP contribution in [0.5, 0.6) is 11.5 Å². The van der Waals surface area contributed by atoms with Crippen LogP contribution in [0.3, 0.4) is 0 Å². The van der Waals surface area contributed by atoms with Crippen LogP contribution in [0.4, 0.5) is 5.69 Å². The normalized spacial score (nSPS) is 18.8. The molecule has 3 unspecified atom stereocenters. The molecule has 7 nitrogen and oxygen atoms in total. The van der Waals surface area contributed by atoms with Crippen LogP contribution >= 0.6 is 12.4 Å². The van der Waals surface area contributed by atoms with Crippen LogP contribution < -0.4 is 20.1 Å². The average Bonchev–Trinajstić information content (AvgIpc) is 3.00. The molecule has 1 fully saturated rings. The van der Waals surface area contributed by atoms with E-state index in [4.69, 9.17) is 15.2 Å². The van der Waals surface area contributed by atoms with Crippen molar-refractivity contribution in [3.63, 3.8) is 0 Å². The predicted molar refractivity (Wildman–Crippen MR) is 103 cm³/mol. The quantitative estimate of drug-likeness (QED) is 0.805. The van der Waals surface area contributed by atoms with Gasteiger partial charge in [0, 0.05) is 37.8 Å². The molecular formula is C18H28ClN3O4. The second-order valence-electron chi connectivity index (χ2n) is 6.46. The number of nitrogens with two attached hydrogens (primary N) is 1. The lowest BCUT2D eigenvalue weighted by Crippen LogP contribution is -2.47. The third kappa shape index (κ3) is 4.40. The third-order valence-corrected chi connectivity index (χ3v) is 4.82. The fourth-order valence-electron chi connectivity index (χ4n) is 2.93. The van der Waals surface area contributed by atoms with Gasteiger partial charge in [-0.15, -0.1) is 12.4 Å². The number of methoxy groups -OCH3 is 2. The summed E-state index contributed by atoms with van der Waals surface area (Å²) in [6.07, 6.45) is 0.576. The second-order valence-corrected chi connectivity index (χ2v) is 6.46. The van der Waals surface area contributed by atoms with Gasteiger partial charge >= 0.3 is 0 Å². The molecule has 1 aliphatic rings. The summed E-state index contributed by atoms with van der Waals surface area (Å²) in [5, 5.41) is 0. The second kappa shape index (κ2) is 9.09. The first-order valence-electron chi connectivity index (χ1n) is 8.36. The Morgan fingerprint density at radius 1 is 1.23 bits per heavy atom. The standard InChI is InChI=1S/C18H27N3O4.ClH/c1-11(12(2)19)17(22)20(3)16-6-7-21(18(16)23)13-8-14(24-4)10-15(9-13)25-5;/h8-12,16H,6-7,19H2,1-5H3;1H. The number of anilines is 1. The van der Waals surface area contributed by atoms with E-state index < -0.39 is 6.04 Å². The van der Waals surface area contributed by atoms with Crippen molar-refractivity contribution >= 4 is 29.9 Å². The van der Waals surface area contributed by atoms with Crippen LogP contribution in [0.1, 0.15) is 20.3 Å². The van der Waals surface area contributed by atoms with Gasteiger partial charge in [-0.25, -0.2) is 0 Å². The smallest absolute Gasteiger partial charge is 0.249 e. The number of carbonyl (C=O) groups excluding carboxylic acids is 2. The largest absolute Gasteiger partial charge is 0.497 e. The summed E-state index contributed by atoms with van der Waals surface area (Å²) in [6, 6.07) is 4.59. The van der Waals surface area contributed by atoms with Crippen molar-refractivity contribution in [3.8, 4) is 11.5 Å². The summed E-state index contributed by atoms with van der Waals surface area (Å²) in [4.78, 5) is 28.5. The summed E-state index contributed by atoms with van der Waals surface area (Å²) < 4.78 is 10.5. The molecule has 8 heteroatoms. The zero-order valence-electron chi connectivity index (χ0n) is 15.9. The van der Waals surface area contributed by atoms with Gasteiger partial charge in [-0.05, 0) is 13.3 Å². The van der Waals surface area contributed by atoms with Crippen LogP contribution in [0.15, 0.2) is 18.2 Å². The first-order valence-corrected chi connectivity index (χ1v) is 8.36. The molecule has 1 heterocycles. The lowest BCUT2D eigenvalue weighted by Gasteiger charge is -2.28. The van der Waals surface area contributed by atoms with Crippen LogP contribution in [0.2, 0.25) is 0 Å². The molecule has 1 aliphatic heterocycles. The van der Waals surface area contributed by atoms with Gasteiger partial charge in [0.15, 0.2) is 0 Å². The Hall–Kier alpha value is -1.99. The lowest BCUT2D eigenvalue weighted by atomic mass is 10.0. The molecule has 0 aromatic heterocycles. The summed E-state index contributed by atoms with van der Waals surface area (Å²) in [7, 11) is 4.80. The zero-order chi connectivity index (χ0) is 18.7. The minimum atomic E-state index is -0.481. The fraction of sp³-hybridized carbons (Fsp3) is 0.556. The third-order valence-electron chi connectivity index (χ3n) is 4.82. The van der Waals surface area contributed by atoms with Crippen molar-refractivity contribution in [2.75, 3.05) is 32.7 Å². The highest BCUT2D eigenvalue weighted by Gasteiger charge is 2.38. The summed E-state index contributed by atoms with van der Waals surface area (Å²) >= 11 is 0. The highest BCUT2D eigenvalue weighted by Crippen LogP contribution is 2.32. The lowest BCUT2D eigenvalue weighted by molar-refractivity contribution is -0.140. The Morgan fingerprint density at radius 3 is 2.23 bits per heavy atom. The van der Waals surface area contributed by atoms with Crippen molar-refractivity contribution in [3.05, 3.63) is 18.2 Å². The van der Waals surface area contributed by atoms with Crippen molar-refractivity contribution in [2.45, 2.75) is 32.4 Å². The number of rotatable bonds is 6. The van der Waals surface area contributed by atoms with E-state index in [1.165, 1.54) is 4.90 Å². The van der Waals surface area contributed by atoms with Crippen LogP contribution in [0, 0.1) is 5.92 Å². The molecule has 3 atom stereocenters. The molecule has 0 radical (unpaired) electrons. The first kappa shape index (κ1) is 22.1. The predicted octanol–water partition coefficient (Wildman–Crippen LogP) is 1.67. The molecule has 2 N–H and O–H groups in total. The van der Waals surface area contributed by atoms with Crippen LogP contribution in [0.25, 0.3) is 0 Å². The Bertz CT molecular complexity index is 631. The van der Waals surface area contributed by atoms with Crippen molar-refractivity contribution in [1.29, 1.82) is 0 Å². The van der Waals surface area contributed by atoms with Crippen LogP contribution in [-0.4, -0.2) is 56.6 Å². The molecule has 0 spiro atoms. The molecule has 0 bridgehead atoms. The minimum Gasteiger partial charge on any atom is -0.497 e. The Kier molecular flexibility index (Phi) is 7.71. The number of halogens is 1. The number of nitrogens with zero attached hydrogens (tertiary/aromatic N) is 2. The van der Waals surface area contributed by atoms with Crippen molar-refractivity contribution in [2.24, 2.45) is 11.7 Å². The van der Waals surface area contributed by atoms with E-state index in [1.807, 2.05) is 0 Å². The number of amides is 2. The SMILES string of the molecule is COc1cc(OC)cc(N2CCC(N(C)C(=O)C(C)C(C)N)C2=O)c1.Cl. The first-order chi connectivity index (χ1) is 11.8. The molecular weight excluding hydrogens is 358 g/mol. The van der Waals surface area contributed by atoms with Gasteiger partial charge in [-0.3, -0.25) is 9.59 Å². The molecule has 26 heavy (non-hydrogen) atoms. The highest BCUT2D eigenvalue weighted by molar-refractivity contribution is 6.01. The van der Waals surface area contributed by atoms with E-state index in [2.05, 4.69) is 0 Å². The maximum absolute atomic E-state index is 12.9. The molecule has 146 valence electrons. The highest BCUT2D eigenvalue weighted by atomic mass is 35.5. The topological polar surface area (TPSA) is 85.1 Å². The molecule has 1 aromatic rings. The molecule has 0 saturated carbocycles. The number of hydrogen-bond acceptors (Lipinski definition) is 5. The molecule has 2 rings (SSSR count). The van der Waals surface area contributed by atoms with E-state index >= 15 is 0 Å². The maximum Gasteiger partial charge on any atom is 0.249 e. The summed E-state index contributed by atoms with van der Waals surface area (Å²) in [6.45, 7) is 4.11. The number of likely N-dealkylation sites (N-methyl/N-ethyl adjacent to an activating group) is 1. The number of benzene rings is 1. The molecule has 2 amide bonds. The van der Waals surface area contributed by atoms with Gasteiger partial charge < -0.3 is 25.0 Å². The monoisotopic (exact) mass is 385 g/mol. The van der Waals surface area contributed by atoms with E-state index in [-0.39, 0.29) is 36.2 Å². The molecule has 1 aromatic carbocycles. The Morgan fingerprint density at radius 2 is 1.77 bits per heavy atom. The van der Waals surface area contributed by atoms with Crippen molar-refractivity contribution in [1.82, 2.24) is 4.90 Å². The number of carbonyl (C=O) groups is 2. The molecule has 1 saturated heterocycles. The van der Waals surface area contributed by atoms with E-state index in [9.17, 15) is 9.59 Å². The fourth-order valence-corrected chi connectivity index (χ4v) is 2.93. The van der Waals surface area contributed by atoms with E-state index in [0.717, 1.165) is 0 Å². The average molecular weight is 386 g/mol. The van der Waals surface area contributed by atoms with Gasteiger partial charge in [-0.1, -0.05) is 6.92 Å². The Balaban J connectivity index is 0.00000338. The van der Waals surface area contributed by atoms with Gasteiger partial charge in [0.2, 0.25) is 11.8 Å². The minimum absolute atomic E-state index is 0. The van der Waals surface area contributed by atoms with Gasteiger partial charge in [-0.2, -0.15) is 0 Å². The van der Waals surface area contributed by atoms with Crippen molar-refractivity contribution < 1.29 is 19.1 Å². The van der Waals surface area contributed by atoms with Gasteiger partial charge in [0.1, 0.15) is 17.5 Å². The number of ether oxygens (including phenoxy) is 2. The van der Waals surface area contributed by atoms with Crippen LogP contribution in [-0.2, 0) is 9.59 Å². The Labute approximate surface area is 160 Å². The van der Waals surface area contributed by atoms with Gasteiger partial charge in [0.25, 0.3) is 0 Å². The van der Waals surface area contributed by atoms with E-state index in [1.54, 1.807) is 58.2 Å². The zero-order valence-corrected chi connectivity index (χ0v) is 16.7. The summed E-state index contributed by atoms with van der Waals surface area (Å²) in [5.41, 5.74) is 6.52. The number of hydrogen-bond donors (Lipinski definition) is 1. The maximum atomic E-state index is 12.9. The summed E-state index contributed by atoms with van der Waals surface area (Å²) in [5.74, 6) is 0.673. The van der Waals surface area contributed by atoms with Gasteiger partial charge in [0.05, 0.1) is 25.8 Å². The van der Waals surface area contributed by atoms with E-state index in [0.29, 0.717) is 30.2 Å². The molecule has 0 aliphatic carbocycles.